The van der Waals surface area contributed by atoms with Gasteiger partial charge in [-0.25, -0.2) is 0 Å². The smallest absolute Gasteiger partial charge is 0.300 e. The number of aliphatic carboxylic acids is 1. The van der Waals surface area contributed by atoms with E-state index in [1.54, 1.807) is 0 Å². The number of carbonyl (C=O) groups is 1. The summed E-state index contributed by atoms with van der Waals surface area (Å²) in [5.41, 5.74) is 0. The first kappa shape index (κ1) is 17.9. The van der Waals surface area contributed by atoms with Crippen molar-refractivity contribution in [2.75, 3.05) is 0 Å². The summed E-state index contributed by atoms with van der Waals surface area (Å²) in [7, 11) is 0. The van der Waals surface area contributed by atoms with Gasteiger partial charge in [-0.3, -0.25) is 9.50 Å². The predicted octanol–water partition coefficient (Wildman–Crippen LogP) is -0.137. The Morgan fingerprint density at radius 3 is 1.67 bits per heavy atom. The Labute approximate surface area is 37.1 Å². The fourth-order valence-electron chi connectivity index (χ4n) is 0. The van der Waals surface area contributed by atoms with Gasteiger partial charge in [0.25, 0.3) is 5.97 Å². The Balaban J connectivity index is -0.0000000450. The van der Waals surface area contributed by atoms with E-state index in [0.29, 0.717) is 0 Å². The van der Waals surface area contributed by atoms with Crippen molar-refractivity contribution in [3.63, 3.8) is 0 Å². The lowest BCUT2D eigenvalue weighted by atomic mass is 10.8. The molecule has 0 amide bonds. The van der Waals surface area contributed by atoms with Crippen molar-refractivity contribution in [2.24, 2.45) is 0 Å². The van der Waals surface area contributed by atoms with Crippen LogP contribution in [-0.4, -0.2) is 19.5 Å². The molecular formula is C2H5BFO2. The summed E-state index contributed by atoms with van der Waals surface area (Å²) in [6, 6.07) is 0. The van der Waals surface area contributed by atoms with Crippen molar-refractivity contribution in [2.45, 2.75) is 6.92 Å². The van der Waals surface area contributed by atoms with Gasteiger partial charge >= 0.3 is 0 Å². The minimum absolute atomic E-state index is 0. The van der Waals surface area contributed by atoms with Crippen molar-refractivity contribution >= 4 is 14.4 Å². The molecule has 0 saturated heterocycles. The standard InChI is InChI=1S/C2H4O2.B.FH/c1-2(3)4;;/h1H3,(H,3,4);;1H. The number of carboxylic acid groups (broad SMARTS) is 1. The Morgan fingerprint density at radius 2 is 1.67 bits per heavy atom. The molecule has 0 atom stereocenters. The first-order valence-corrected chi connectivity index (χ1v) is 0.928. The summed E-state index contributed by atoms with van der Waals surface area (Å²) in [6.07, 6.45) is 0. The van der Waals surface area contributed by atoms with E-state index in [0.717, 1.165) is 6.92 Å². The third kappa shape index (κ3) is 73.5. The van der Waals surface area contributed by atoms with Gasteiger partial charge in [-0.2, -0.15) is 0 Å². The molecule has 0 aliphatic heterocycles. The highest BCUT2D eigenvalue weighted by molar-refractivity contribution is 5.75. The molecule has 4 heteroatoms. The van der Waals surface area contributed by atoms with E-state index < -0.39 is 5.97 Å². The molecule has 2 nitrogen and oxygen atoms in total. The normalized spacial score (nSPS) is 4.17. The van der Waals surface area contributed by atoms with Gasteiger partial charge in [-0.1, -0.05) is 0 Å². The molecule has 0 aliphatic rings. The van der Waals surface area contributed by atoms with E-state index in [4.69, 9.17) is 9.90 Å². The molecule has 0 spiro atoms. The quantitative estimate of drug-likeness (QED) is 0.421. The molecule has 0 rings (SSSR count). The third-order valence-electron chi connectivity index (χ3n) is 0. The molecule has 3 radical (unpaired) electrons. The minimum Gasteiger partial charge on any atom is -0.481 e. The molecule has 1 N–H and O–H groups in total. The SMILES string of the molecule is CC(=O)O.F.[B]. The molecular weight excluding hydrogens is 85.8 g/mol. The number of hydrogen-bond acceptors (Lipinski definition) is 1. The molecule has 0 heterocycles. The first-order chi connectivity index (χ1) is 1.73. The van der Waals surface area contributed by atoms with E-state index in [2.05, 4.69) is 0 Å². The van der Waals surface area contributed by atoms with Crippen LogP contribution in [0.2, 0.25) is 0 Å². The highest BCUT2D eigenvalue weighted by Crippen LogP contribution is 1.42. The molecule has 0 bridgehead atoms. The molecule has 0 aromatic heterocycles. The number of carboxylic acids is 1. The van der Waals surface area contributed by atoms with Gasteiger partial charge in [0.15, 0.2) is 0 Å². The van der Waals surface area contributed by atoms with Crippen molar-refractivity contribution in [3.05, 3.63) is 0 Å². The van der Waals surface area contributed by atoms with Crippen LogP contribution < -0.4 is 0 Å². The van der Waals surface area contributed by atoms with E-state index >= 15 is 0 Å². The highest BCUT2D eigenvalue weighted by Gasteiger charge is 1.65. The van der Waals surface area contributed by atoms with Gasteiger partial charge in [-0.05, 0) is 0 Å². The van der Waals surface area contributed by atoms with Crippen molar-refractivity contribution in [1.29, 1.82) is 0 Å². The van der Waals surface area contributed by atoms with Crippen LogP contribution in [0.3, 0.4) is 0 Å². The van der Waals surface area contributed by atoms with Gasteiger partial charge in [0.05, 0.1) is 0 Å². The zero-order chi connectivity index (χ0) is 3.58. The summed E-state index contributed by atoms with van der Waals surface area (Å²) in [6.45, 7) is 1.08. The maximum absolute atomic E-state index is 9.00. The highest BCUT2D eigenvalue weighted by atomic mass is 19.0. The topological polar surface area (TPSA) is 37.3 Å². The van der Waals surface area contributed by atoms with E-state index in [9.17, 15) is 0 Å². The predicted molar refractivity (Wildman–Crippen MR) is 21.6 cm³/mol. The molecule has 0 aromatic rings. The maximum atomic E-state index is 9.00. The van der Waals surface area contributed by atoms with Gasteiger partial charge in [0.1, 0.15) is 0 Å². The second-order valence-electron chi connectivity index (χ2n) is 0.519. The summed E-state index contributed by atoms with van der Waals surface area (Å²) in [5, 5.41) is 7.42. The largest absolute Gasteiger partial charge is 0.481 e. The number of rotatable bonds is 0. The van der Waals surface area contributed by atoms with Gasteiger partial charge < -0.3 is 5.11 Å². The van der Waals surface area contributed by atoms with E-state index in [1.165, 1.54) is 0 Å². The molecule has 6 heavy (non-hydrogen) atoms. The average molecular weight is 90.9 g/mol. The van der Waals surface area contributed by atoms with Crippen LogP contribution in [-0.2, 0) is 4.79 Å². The lowest BCUT2D eigenvalue weighted by molar-refractivity contribution is -0.134. The van der Waals surface area contributed by atoms with Crippen LogP contribution in [0.15, 0.2) is 0 Å². The minimum atomic E-state index is -0.833. The Kier molecular flexibility index (Phi) is 26.4. The Morgan fingerprint density at radius 1 is 1.67 bits per heavy atom. The fourth-order valence-corrected chi connectivity index (χ4v) is 0. The van der Waals surface area contributed by atoms with Crippen LogP contribution in [0.1, 0.15) is 6.92 Å². The Hall–Kier alpha value is -0.535. The van der Waals surface area contributed by atoms with Crippen LogP contribution >= 0.6 is 0 Å². The van der Waals surface area contributed by atoms with Gasteiger partial charge in [-0.15, -0.1) is 0 Å². The maximum Gasteiger partial charge on any atom is 0.300 e. The van der Waals surface area contributed by atoms with Gasteiger partial charge in [0, 0.05) is 15.3 Å². The molecule has 0 fully saturated rings. The van der Waals surface area contributed by atoms with Crippen LogP contribution in [0, 0.1) is 0 Å². The molecule has 0 aromatic carbocycles. The monoisotopic (exact) mass is 91.0 g/mol. The van der Waals surface area contributed by atoms with Crippen molar-refractivity contribution in [3.8, 4) is 0 Å². The van der Waals surface area contributed by atoms with Crippen LogP contribution in [0.4, 0.5) is 4.70 Å². The first-order valence-electron chi connectivity index (χ1n) is 0.928. The zero-order valence-corrected chi connectivity index (χ0v) is 3.34. The third-order valence-corrected chi connectivity index (χ3v) is 0. The summed E-state index contributed by atoms with van der Waals surface area (Å²) in [4.78, 5) is 9.00. The lowest BCUT2D eigenvalue weighted by Crippen LogP contribution is -1.78. The summed E-state index contributed by atoms with van der Waals surface area (Å²) < 4.78 is 0. The summed E-state index contributed by atoms with van der Waals surface area (Å²) in [5.74, 6) is -0.833. The van der Waals surface area contributed by atoms with Crippen LogP contribution in [0.5, 0.6) is 0 Å². The lowest BCUT2D eigenvalue weighted by Gasteiger charge is -1.59. The molecule has 0 unspecified atom stereocenters. The Bertz CT molecular complexity index is 34.5. The molecule has 0 saturated carbocycles. The molecule has 0 aliphatic carbocycles. The van der Waals surface area contributed by atoms with Crippen molar-refractivity contribution < 1.29 is 14.6 Å². The van der Waals surface area contributed by atoms with Crippen LogP contribution in [0.25, 0.3) is 0 Å². The van der Waals surface area contributed by atoms with E-state index in [-0.39, 0.29) is 13.1 Å². The number of halogens is 1. The summed E-state index contributed by atoms with van der Waals surface area (Å²) >= 11 is 0. The van der Waals surface area contributed by atoms with E-state index in [1.807, 2.05) is 0 Å². The zero-order valence-electron chi connectivity index (χ0n) is 3.34. The average Bonchev–Trinajstić information content (AvgIpc) is 0.811. The second-order valence-corrected chi connectivity index (χ2v) is 0.519. The van der Waals surface area contributed by atoms with Gasteiger partial charge in [0.2, 0.25) is 0 Å². The molecule has 35 valence electrons. The van der Waals surface area contributed by atoms with Crippen molar-refractivity contribution in [1.82, 2.24) is 0 Å². The fraction of sp³-hybridized carbons (Fsp3) is 0.500. The second kappa shape index (κ2) is 8.82. The number of hydrogen-bond donors (Lipinski definition) is 1.